The van der Waals surface area contributed by atoms with Gasteiger partial charge in [0, 0.05) is 13.1 Å². The number of aliphatic carboxylic acids is 1. The monoisotopic (exact) mass is 337 g/mol. The highest BCUT2D eigenvalue weighted by Crippen LogP contribution is 2.41. The van der Waals surface area contributed by atoms with Crippen molar-refractivity contribution in [1.82, 2.24) is 4.90 Å². The molecule has 1 fully saturated rings. The molecule has 0 radical (unpaired) electrons. The van der Waals surface area contributed by atoms with Crippen LogP contribution in [0.4, 0.5) is 0 Å². The van der Waals surface area contributed by atoms with Crippen molar-refractivity contribution >= 4 is 11.9 Å². The van der Waals surface area contributed by atoms with Crippen LogP contribution in [-0.4, -0.2) is 56.3 Å². The van der Waals surface area contributed by atoms with E-state index in [2.05, 4.69) is 0 Å². The first-order valence-electron chi connectivity index (χ1n) is 7.69. The van der Waals surface area contributed by atoms with Crippen LogP contribution in [0.3, 0.4) is 0 Å². The quantitative estimate of drug-likeness (QED) is 0.885. The van der Waals surface area contributed by atoms with Crippen LogP contribution in [0.2, 0.25) is 0 Å². The highest BCUT2D eigenvalue weighted by atomic mass is 16.5. The lowest BCUT2D eigenvalue weighted by Crippen LogP contribution is -2.48. The van der Waals surface area contributed by atoms with Crippen LogP contribution in [0, 0.1) is 5.41 Å². The summed E-state index contributed by atoms with van der Waals surface area (Å²) in [5, 5.41) is 9.42. The van der Waals surface area contributed by atoms with E-state index in [1.54, 1.807) is 24.0 Å². The molecule has 1 aromatic carbocycles. The molecule has 7 nitrogen and oxygen atoms in total. The predicted molar refractivity (Wildman–Crippen MR) is 87.0 cm³/mol. The Morgan fingerprint density at radius 3 is 2.33 bits per heavy atom. The van der Waals surface area contributed by atoms with E-state index in [4.69, 9.17) is 14.2 Å². The van der Waals surface area contributed by atoms with Crippen LogP contribution in [0.25, 0.3) is 0 Å². The fourth-order valence-electron chi connectivity index (χ4n) is 3.03. The summed E-state index contributed by atoms with van der Waals surface area (Å²) in [5.41, 5.74) is -0.609. The number of likely N-dealkylation sites (tertiary alicyclic amines) is 1. The van der Waals surface area contributed by atoms with Gasteiger partial charge in [-0.3, -0.25) is 9.59 Å². The molecule has 2 rings (SSSR count). The Balaban J connectivity index is 2.37. The van der Waals surface area contributed by atoms with Gasteiger partial charge in [-0.15, -0.1) is 0 Å². The topological polar surface area (TPSA) is 85.3 Å². The van der Waals surface area contributed by atoms with E-state index in [-0.39, 0.29) is 18.2 Å². The Morgan fingerprint density at radius 1 is 1.12 bits per heavy atom. The van der Waals surface area contributed by atoms with Gasteiger partial charge in [-0.1, -0.05) is 0 Å². The molecule has 1 heterocycles. The molecule has 1 aliphatic rings. The minimum atomic E-state index is -0.933. The van der Waals surface area contributed by atoms with Gasteiger partial charge in [-0.2, -0.15) is 0 Å². The third kappa shape index (κ3) is 3.11. The molecule has 0 bridgehead atoms. The smallest absolute Gasteiger partial charge is 0.311 e. The zero-order valence-electron chi connectivity index (χ0n) is 14.4. The van der Waals surface area contributed by atoms with E-state index in [1.165, 1.54) is 21.3 Å². The van der Waals surface area contributed by atoms with Gasteiger partial charge in [0.25, 0.3) is 5.91 Å². The van der Waals surface area contributed by atoms with Gasteiger partial charge in [0.1, 0.15) is 0 Å². The lowest BCUT2D eigenvalue weighted by atomic mass is 9.82. The maximum absolute atomic E-state index is 12.9. The van der Waals surface area contributed by atoms with E-state index in [9.17, 15) is 14.7 Å². The summed E-state index contributed by atoms with van der Waals surface area (Å²) in [6, 6.07) is 3.24. The van der Waals surface area contributed by atoms with Gasteiger partial charge < -0.3 is 24.2 Å². The van der Waals surface area contributed by atoms with Crippen molar-refractivity contribution in [3.8, 4) is 17.2 Å². The zero-order chi connectivity index (χ0) is 17.9. The summed E-state index contributed by atoms with van der Waals surface area (Å²) >= 11 is 0. The Bertz CT molecular complexity index is 644. The van der Waals surface area contributed by atoms with E-state index >= 15 is 0 Å². The first-order chi connectivity index (χ1) is 11.4. The molecule has 24 heavy (non-hydrogen) atoms. The summed E-state index contributed by atoms with van der Waals surface area (Å²) < 4.78 is 15.9. The molecular formula is C17H23NO6. The number of hydrogen-bond donors (Lipinski definition) is 1. The van der Waals surface area contributed by atoms with Crippen LogP contribution in [-0.2, 0) is 4.79 Å². The second kappa shape index (κ2) is 6.98. The average molecular weight is 337 g/mol. The lowest BCUT2D eigenvalue weighted by molar-refractivity contribution is -0.150. The Labute approximate surface area is 141 Å². The standard InChI is InChI=1S/C17H23NO6/c1-17(16(20)21)8-5-9-18(10-17)15(19)11-6-7-12(22-2)14(24-4)13(11)23-3/h6-7H,5,8-10H2,1-4H3,(H,20,21). The molecule has 1 saturated heterocycles. The molecule has 0 spiro atoms. The van der Waals surface area contributed by atoms with Crippen molar-refractivity contribution in [3.05, 3.63) is 17.7 Å². The number of benzene rings is 1. The predicted octanol–water partition coefficient (Wildman–Crippen LogP) is 2.04. The van der Waals surface area contributed by atoms with Crippen molar-refractivity contribution < 1.29 is 28.9 Å². The fourth-order valence-corrected chi connectivity index (χ4v) is 3.03. The first kappa shape index (κ1) is 17.9. The number of carboxylic acid groups (broad SMARTS) is 1. The number of hydrogen-bond acceptors (Lipinski definition) is 5. The van der Waals surface area contributed by atoms with Crippen LogP contribution in [0.15, 0.2) is 12.1 Å². The van der Waals surface area contributed by atoms with Crippen molar-refractivity contribution in [2.45, 2.75) is 19.8 Å². The second-order valence-electron chi connectivity index (χ2n) is 6.08. The molecule has 132 valence electrons. The van der Waals surface area contributed by atoms with Crippen LogP contribution >= 0.6 is 0 Å². The number of carbonyl (C=O) groups is 2. The maximum Gasteiger partial charge on any atom is 0.311 e. The normalized spacial score (nSPS) is 20.4. The number of methoxy groups -OCH3 is 3. The Kier molecular flexibility index (Phi) is 5.21. The molecular weight excluding hydrogens is 314 g/mol. The minimum Gasteiger partial charge on any atom is -0.493 e. The number of piperidine rings is 1. The molecule has 1 aromatic rings. The number of ether oxygens (including phenoxy) is 3. The van der Waals surface area contributed by atoms with Gasteiger partial charge in [-0.05, 0) is 31.9 Å². The van der Waals surface area contributed by atoms with Crippen molar-refractivity contribution in [3.63, 3.8) is 0 Å². The third-order valence-corrected chi connectivity index (χ3v) is 4.43. The zero-order valence-corrected chi connectivity index (χ0v) is 14.4. The van der Waals surface area contributed by atoms with Gasteiger partial charge in [0.15, 0.2) is 11.5 Å². The molecule has 1 unspecified atom stereocenters. The summed E-state index contributed by atoms with van der Waals surface area (Å²) in [7, 11) is 4.42. The molecule has 0 aliphatic carbocycles. The highest BCUT2D eigenvalue weighted by molar-refractivity contribution is 5.98. The van der Waals surface area contributed by atoms with Gasteiger partial charge in [0.05, 0.1) is 32.3 Å². The second-order valence-corrected chi connectivity index (χ2v) is 6.08. The lowest BCUT2D eigenvalue weighted by Gasteiger charge is -2.37. The van der Waals surface area contributed by atoms with Crippen LogP contribution in [0.1, 0.15) is 30.1 Å². The molecule has 0 saturated carbocycles. The number of carboxylic acids is 1. The number of carbonyl (C=O) groups excluding carboxylic acids is 1. The Morgan fingerprint density at radius 2 is 1.79 bits per heavy atom. The van der Waals surface area contributed by atoms with Gasteiger partial charge >= 0.3 is 5.97 Å². The van der Waals surface area contributed by atoms with Crippen molar-refractivity contribution in [2.75, 3.05) is 34.4 Å². The summed E-state index contributed by atoms with van der Waals surface area (Å²) in [4.78, 5) is 26.0. The Hall–Kier alpha value is -2.44. The van der Waals surface area contributed by atoms with E-state index in [0.717, 1.165) is 0 Å². The number of rotatable bonds is 5. The minimum absolute atomic E-state index is 0.165. The molecule has 1 N–H and O–H groups in total. The number of amides is 1. The van der Waals surface area contributed by atoms with Crippen LogP contribution in [0.5, 0.6) is 17.2 Å². The third-order valence-electron chi connectivity index (χ3n) is 4.43. The highest BCUT2D eigenvalue weighted by Gasteiger charge is 2.40. The molecule has 1 aliphatic heterocycles. The first-order valence-corrected chi connectivity index (χ1v) is 7.69. The average Bonchev–Trinajstić information content (AvgIpc) is 2.59. The van der Waals surface area contributed by atoms with Crippen molar-refractivity contribution in [2.24, 2.45) is 5.41 Å². The fraction of sp³-hybridized carbons (Fsp3) is 0.529. The van der Waals surface area contributed by atoms with Gasteiger partial charge in [0.2, 0.25) is 5.75 Å². The van der Waals surface area contributed by atoms with E-state index in [1.807, 2.05) is 0 Å². The molecule has 0 aromatic heterocycles. The summed E-state index contributed by atoms with van der Waals surface area (Å²) in [6.45, 7) is 2.35. The summed E-state index contributed by atoms with van der Waals surface area (Å²) in [6.07, 6.45) is 1.19. The number of nitrogens with zero attached hydrogens (tertiary/aromatic N) is 1. The van der Waals surface area contributed by atoms with E-state index in [0.29, 0.717) is 36.4 Å². The van der Waals surface area contributed by atoms with Crippen LogP contribution < -0.4 is 14.2 Å². The van der Waals surface area contributed by atoms with Gasteiger partial charge in [-0.25, -0.2) is 0 Å². The molecule has 7 heteroatoms. The maximum atomic E-state index is 12.9. The SMILES string of the molecule is COc1ccc(C(=O)N2CCCC(C)(C(=O)O)C2)c(OC)c1OC. The molecule has 1 amide bonds. The van der Waals surface area contributed by atoms with Crippen molar-refractivity contribution in [1.29, 1.82) is 0 Å². The summed E-state index contributed by atoms with van der Waals surface area (Å²) in [5.74, 6) is -0.0903. The largest absolute Gasteiger partial charge is 0.493 e. The van der Waals surface area contributed by atoms with E-state index < -0.39 is 11.4 Å². The molecule has 1 atom stereocenters.